The van der Waals surface area contributed by atoms with Gasteiger partial charge in [-0.3, -0.25) is 0 Å². The van der Waals surface area contributed by atoms with E-state index in [2.05, 4.69) is 5.32 Å². The van der Waals surface area contributed by atoms with Gasteiger partial charge in [0.25, 0.3) is 0 Å². The van der Waals surface area contributed by atoms with E-state index in [0.717, 1.165) is 11.6 Å². The molecule has 1 N–H and O–H groups in total. The predicted molar refractivity (Wildman–Crippen MR) is 59.1 cm³/mol. The number of anilines is 1. The fourth-order valence-electron chi connectivity index (χ4n) is 1.55. The highest BCUT2D eigenvalue weighted by Gasteiger charge is 2.10. The number of benzene rings is 1. The molecule has 0 saturated heterocycles. The van der Waals surface area contributed by atoms with Crippen LogP contribution in [0.3, 0.4) is 0 Å². The van der Waals surface area contributed by atoms with Gasteiger partial charge in [0.1, 0.15) is 5.82 Å². The van der Waals surface area contributed by atoms with Crippen molar-refractivity contribution >= 4 is 5.69 Å². The van der Waals surface area contributed by atoms with Gasteiger partial charge in [0.15, 0.2) is 11.6 Å². The molecule has 0 amide bonds. The Morgan fingerprint density at radius 1 is 1.24 bits per heavy atom. The maximum absolute atomic E-state index is 13.3. The standard InChI is InChI=1S/C12H11F3N2/c1-17-3-2-8(7-17)6-16-11-5-9(13)4-10(14)12(11)15/h2-5,7,16H,6H2,1H3. The highest BCUT2D eigenvalue weighted by molar-refractivity contribution is 5.45. The first-order chi connectivity index (χ1) is 8.06. The number of nitrogens with one attached hydrogen (secondary N) is 1. The quantitative estimate of drug-likeness (QED) is 0.816. The molecule has 2 rings (SSSR count). The third-order valence-electron chi connectivity index (χ3n) is 2.37. The molecule has 0 fully saturated rings. The Labute approximate surface area is 96.7 Å². The average Bonchev–Trinajstić information content (AvgIpc) is 2.67. The summed E-state index contributed by atoms with van der Waals surface area (Å²) in [6.07, 6.45) is 3.67. The third kappa shape index (κ3) is 2.61. The molecule has 0 bridgehead atoms. The van der Waals surface area contributed by atoms with Gasteiger partial charge < -0.3 is 9.88 Å². The number of hydrogen-bond donors (Lipinski definition) is 1. The molecule has 0 aliphatic carbocycles. The number of rotatable bonds is 3. The Morgan fingerprint density at radius 2 is 2.00 bits per heavy atom. The van der Waals surface area contributed by atoms with E-state index in [1.54, 1.807) is 0 Å². The second kappa shape index (κ2) is 4.53. The first-order valence-electron chi connectivity index (χ1n) is 5.05. The van der Waals surface area contributed by atoms with Crippen LogP contribution in [0.1, 0.15) is 5.56 Å². The van der Waals surface area contributed by atoms with Crippen molar-refractivity contribution in [2.75, 3.05) is 5.32 Å². The van der Waals surface area contributed by atoms with Crippen LogP contribution in [0, 0.1) is 17.5 Å². The monoisotopic (exact) mass is 240 g/mol. The largest absolute Gasteiger partial charge is 0.378 e. The summed E-state index contributed by atoms with van der Waals surface area (Å²) in [5.74, 6) is -3.07. The van der Waals surface area contributed by atoms with Crippen molar-refractivity contribution in [1.29, 1.82) is 0 Å². The van der Waals surface area contributed by atoms with E-state index in [1.807, 2.05) is 30.1 Å². The van der Waals surface area contributed by atoms with Crippen molar-refractivity contribution in [3.63, 3.8) is 0 Å². The Hall–Kier alpha value is -1.91. The van der Waals surface area contributed by atoms with E-state index in [0.29, 0.717) is 12.6 Å². The normalized spacial score (nSPS) is 10.6. The summed E-state index contributed by atoms with van der Waals surface area (Å²) in [5.41, 5.74) is 0.725. The van der Waals surface area contributed by atoms with Gasteiger partial charge in [0.2, 0.25) is 0 Å². The number of aryl methyl sites for hydroxylation is 1. The molecular weight excluding hydrogens is 229 g/mol. The number of hydrogen-bond acceptors (Lipinski definition) is 1. The lowest BCUT2D eigenvalue weighted by atomic mass is 10.2. The molecule has 2 aromatic rings. The summed E-state index contributed by atoms with van der Waals surface area (Å²) in [7, 11) is 1.85. The van der Waals surface area contributed by atoms with Gasteiger partial charge in [-0.15, -0.1) is 0 Å². The van der Waals surface area contributed by atoms with Crippen molar-refractivity contribution in [2.45, 2.75) is 6.54 Å². The lowest BCUT2D eigenvalue weighted by Crippen LogP contribution is -2.03. The van der Waals surface area contributed by atoms with Crippen molar-refractivity contribution in [2.24, 2.45) is 7.05 Å². The van der Waals surface area contributed by atoms with Crippen LogP contribution in [0.2, 0.25) is 0 Å². The topological polar surface area (TPSA) is 17.0 Å². The summed E-state index contributed by atoms with van der Waals surface area (Å²) in [6, 6.07) is 3.28. The highest BCUT2D eigenvalue weighted by atomic mass is 19.2. The minimum Gasteiger partial charge on any atom is -0.378 e. The van der Waals surface area contributed by atoms with Crippen molar-refractivity contribution < 1.29 is 13.2 Å². The molecule has 0 unspecified atom stereocenters. The van der Waals surface area contributed by atoms with E-state index < -0.39 is 17.5 Å². The zero-order valence-corrected chi connectivity index (χ0v) is 9.17. The third-order valence-corrected chi connectivity index (χ3v) is 2.37. The molecule has 2 nitrogen and oxygen atoms in total. The predicted octanol–water partition coefficient (Wildman–Crippen LogP) is 3.05. The zero-order chi connectivity index (χ0) is 12.4. The summed E-state index contributed by atoms with van der Waals surface area (Å²) < 4.78 is 40.9. The molecule has 0 radical (unpaired) electrons. The molecule has 0 spiro atoms. The minimum absolute atomic E-state index is 0.175. The van der Waals surface area contributed by atoms with Crippen LogP contribution in [0.25, 0.3) is 0 Å². The lowest BCUT2D eigenvalue weighted by Gasteiger charge is -2.07. The maximum atomic E-state index is 13.3. The Balaban J connectivity index is 2.14. The first kappa shape index (κ1) is 11.6. The fourth-order valence-corrected chi connectivity index (χ4v) is 1.55. The second-order valence-electron chi connectivity index (χ2n) is 3.79. The molecule has 17 heavy (non-hydrogen) atoms. The van der Waals surface area contributed by atoms with Crippen LogP contribution in [0.5, 0.6) is 0 Å². The zero-order valence-electron chi connectivity index (χ0n) is 9.17. The minimum atomic E-state index is -1.19. The molecule has 0 saturated carbocycles. The van der Waals surface area contributed by atoms with Crippen LogP contribution in [-0.4, -0.2) is 4.57 Å². The number of nitrogens with zero attached hydrogens (tertiary/aromatic N) is 1. The summed E-state index contributed by atoms with van der Waals surface area (Å²) in [6.45, 7) is 0.306. The van der Waals surface area contributed by atoms with Gasteiger partial charge in [0.05, 0.1) is 5.69 Å². The fraction of sp³-hybridized carbons (Fsp3) is 0.167. The summed E-state index contributed by atoms with van der Waals surface area (Å²) in [5, 5.41) is 2.66. The first-order valence-corrected chi connectivity index (χ1v) is 5.05. The highest BCUT2D eigenvalue weighted by Crippen LogP contribution is 2.19. The molecule has 0 aliphatic rings. The molecule has 1 aromatic heterocycles. The van der Waals surface area contributed by atoms with Gasteiger partial charge >= 0.3 is 0 Å². The number of halogens is 3. The van der Waals surface area contributed by atoms with E-state index in [1.165, 1.54) is 0 Å². The van der Waals surface area contributed by atoms with Crippen LogP contribution >= 0.6 is 0 Å². The summed E-state index contributed by atoms with van der Waals surface area (Å²) >= 11 is 0. The van der Waals surface area contributed by atoms with E-state index >= 15 is 0 Å². The molecule has 90 valence electrons. The molecule has 5 heteroatoms. The van der Waals surface area contributed by atoms with E-state index in [-0.39, 0.29) is 5.69 Å². The maximum Gasteiger partial charge on any atom is 0.182 e. The van der Waals surface area contributed by atoms with Gasteiger partial charge in [-0.2, -0.15) is 0 Å². The van der Waals surface area contributed by atoms with Gasteiger partial charge in [0, 0.05) is 38.1 Å². The van der Waals surface area contributed by atoms with E-state index in [9.17, 15) is 13.2 Å². The lowest BCUT2D eigenvalue weighted by molar-refractivity contribution is 0.497. The van der Waals surface area contributed by atoms with Gasteiger partial charge in [-0.25, -0.2) is 13.2 Å². The van der Waals surface area contributed by atoms with Crippen LogP contribution < -0.4 is 5.32 Å². The SMILES string of the molecule is Cn1ccc(CNc2cc(F)cc(F)c2F)c1. The van der Waals surface area contributed by atoms with Crippen LogP contribution in [-0.2, 0) is 13.6 Å². The molecule has 1 aromatic carbocycles. The van der Waals surface area contributed by atoms with Crippen molar-refractivity contribution in [3.05, 3.63) is 53.6 Å². The van der Waals surface area contributed by atoms with Gasteiger partial charge in [-0.1, -0.05) is 0 Å². The van der Waals surface area contributed by atoms with Gasteiger partial charge in [-0.05, 0) is 11.6 Å². The Kier molecular flexibility index (Phi) is 3.08. The molecular formula is C12H11F3N2. The van der Waals surface area contributed by atoms with E-state index in [4.69, 9.17) is 0 Å². The molecule has 1 heterocycles. The Bertz CT molecular complexity index is 535. The summed E-state index contributed by atoms with van der Waals surface area (Å²) in [4.78, 5) is 0. The van der Waals surface area contributed by atoms with Crippen molar-refractivity contribution in [3.8, 4) is 0 Å². The van der Waals surface area contributed by atoms with Crippen LogP contribution in [0.15, 0.2) is 30.6 Å². The Morgan fingerprint density at radius 3 is 2.65 bits per heavy atom. The van der Waals surface area contributed by atoms with Crippen LogP contribution in [0.4, 0.5) is 18.9 Å². The van der Waals surface area contributed by atoms with Crippen molar-refractivity contribution in [1.82, 2.24) is 4.57 Å². The molecule has 0 aliphatic heterocycles. The number of aromatic nitrogens is 1. The smallest absolute Gasteiger partial charge is 0.182 e. The second-order valence-corrected chi connectivity index (χ2v) is 3.79. The molecule has 0 atom stereocenters. The average molecular weight is 240 g/mol.